The molecule has 1 aliphatic heterocycles. The van der Waals surface area contributed by atoms with Crippen molar-refractivity contribution in [3.05, 3.63) is 47.8 Å². The van der Waals surface area contributed by atoms with E-state index in [4.69, 9.17) is 14.2 Å². The summed E-state index contributed by atoms with van der Waals surface area (Å²) in [5.74, 6) is 2.41. The van der Waals surface area contributed by atoms with Gasteiger partial charge in [0.1, 0.15) is 5.82 Å². The summed E-state index contributed by atoms with van der Waals surface area (Å²) in [5, 5.41) is 3.39. The maximum absolute atomic E-state index is 14.1. The second-order valence-corrected chi connectivity index (χ2v) is 6.82. The highest BCUT2D eigenvalue weighted by Gasteiger charge is 2.22. The fraction of sp³-hybridized carbons (Fsp3) is 0.409. The largest absolute Gasteiger partial charge is 0.493 e. The number of hydrogen-bond acceptors (Lipinski definition) is 5. The Morgan fingerprint density at radius 3 is 2.27 bits per heavy atom. The second kappa shape index (κ2) is 10.0. The molecule has 0 bridgehead atoms. The predicted octanol–water partition coefficient (Wildman–Crippen LogP) is 2.75. The van der Waals surface area contributed by atoms with Crippen LogP contribution in [0.1, 0.15) is 5.56 Å². The van der Waals surface area contributed by atoms with Crippen LogP contribution in [0.25, 0.3) is 0 Å². The molecule has 7 nitrogen and oxygen atoms in total. The molecule has 0 unspecified atom stereocenters. The van der Waals surface area contributed by atoms with Gasteiger partial charge in [-0.15, -0.1) is 0 Å². The lowest BCUT2D eigenvalue weighted by Gasteiger charge is -2.37. The van der Waals surface area contributed by atoms with Gasteiger partial charge in [-0.3, -0.25) is 4.99 Å². The topological polar surface area (TPSA) is 58.6 Å². The lowest BCUT2D eigenvalue weighted by atomic mass is 10.1. The highest BCUT2D eigenvalue weighted by atomic mass is 19.1. The van der Waals surface area contributed by atoms with Gasteiger partial charge in [0.15, 0.2) is 17.5 Å². The Balaban J connectivity index is 1.64. The molecule has 162 valence electrons. The van der Waals surface area contributed by atoms with Crippen molar-refractivity contribution in [1.29, 1.82) is 0 Å². The second-order valence-electron chi connectivity index (χ2n) is 6.82. The summed E-state index contributed by atoms with van der Waals surface area (Å²) in [6.45, 7) is 3.46. The third-order valence-electron chi connectivity index (χ3n) is 5.21. The highest BCUT2D eigenvalue weighted by Crippen LogP contribution is 2.39. The molecule has 1 N–H and O–H groups in total. The minimum absolute atomic E-state index is 0.186. The summed E-state index contributed by atoms with van der Waals surface area (Å²) in [6.07, 6.45) is 0. The number of anilines is 1. The van der Waals surface area contributed by atoms with Gasteiger partial charge in [0, 0.05) is 45.3 Å². The summed E-state index contributed by atoms with van der Waals surface area (Å²) < 4.78 is 30.4. The Labute approximate surface area is 177 Å². The molecule has 1 heterocycles. The van der Waals surface area contributed by atoms with E-state index in [1.165, 1.54) is 6.07 Å². The van der Waals surface area contributed by atoms with Crippen LogP contribution in [-0.4, -0.2) is 65.4 Å². The van der Waals surface area contributed by atoms with E-state index in [-0.39, 0.29) is 5.82 Å². The molecule has 0 spiro atoms. The first-order valence-corrected chi connectivity index (χ1v) is 9.85. The zero-order valence-corrected chi connectivity index (χ0v) is 17.9. The van der Waals surface area contributed by atoms with E-state index in [1.807, 2.05) is 24.3 Å². The quantitative estimate of drug-likeness (QED) is 0.577. The molecule has 0 aliphatic carbocycles. The first-order valence-electron chi connectivity index (χ1n) is 9.85. The van der Waals surface area contributed by atoms with Crippen molar-refractivity contribution >= 4 is 11.6 Å². The molecule has 1 fully saturated rings. The zero-order valence-electron chi connectivity index (χ0n) is 17.9. The summed E-state index contributed by atoms with van der Waals surface area (Å²) in [5.41, 5.74) is 1.58. The number of piperazine rings is 1. The van der Waals surface area contributed by atoms with Crippen molar-refractivity contribution in [1.82, 2.24) is 10.2 Å². The smallest absolute Gasteiger partial charge is 0.203 e. The van der Waals surface area contributed by atoms with Crippen molar-refractivity contribution in [2.24, 2.45) is 4.99 Å². The number of para-hydroxylation sites is 1. The van der Waals surface area contributed by atoms with Gasteiger partial charge < -0.3 is 29.3 Å². The maximum atomic E-state index is 14.1. The lowest BCUT2D eigenvalue weighted by molar-refractivity contribution is 0.321. The van der Waals surface area contributed by atoms with E-state index >= 15 is 0 Å². The van der Waals surface area contributed by atoms with Gasteiger partial charge in [-0.05, 0) is 24.3 Å². The summed E-state index contributed by atoms with van der Waals surface area (Å²) >= 11 is 0. The van der Waals surface area contributed by atoms with Crippen molar-refractivity contribution in [2.75, 3.05) is 59.5 Å². The van der Waals surface area contributed by atoms with Crippen LogP contribution in [0.15, 0.2) is 41.4 Å². The fourth-order valence-corrected chi connectivity index (χ4v) is 3.68. The van der Waals surface area contributed by atoms with Crippen LogP contribution in [0.2, 0.25) is 0 Å². The number of aliphatic imine (C=N–C) groups is 1. The van der Waals surface area contributed by atoms with Crippen LogP contribution in [0, 0.1) is 5.82 Å². The summed E-state index contributed by atoms with van der Waals surface area (Å²) in [6, 6.07) is 10.7. The van der Waals surface area contributed by atoms with Crippen LogP contribution in [0.3, 0.4) is 0 Å². The van der Waals surface area contributed by atoms with Gasteiger partial charge in [-0.1, -0.05) is 12.1 Å². The lowest BCUT2D eigenvalue weighted by Crippen LogP contribution is -2.52. The van der Waals surface area contributed by atoms with E-state index in [0.29, 0.717) is 29.5 Å². The zero-order chi connectivity index (χ0) is 21.5. The molecule has 1 saturated heterocycles. The molecule has 0 aromatic heterocycles. The van der Waals surface area contributed by atoms with E-state index in [2.05, 4.69) is 20.1 Å². The first-order chi connectivity index (χ1) is 14.6. The van der Waals surface area contributed by atoms with Gasteiger partial charge in [-0.25, -0.2) is 4.39 Å². The van der Waals surface area contributed by atoms with Crippen molar-refractivity contribution in [3.8, 4) is 17.2 Å². The number of guanidine groups is 1. The molecule has 0 atom stereocenters. The molecule has 30 heavy (non-hydrogen) atoms. The first kappa shape index (κ1) is 21.5. The molecular formula is C22H29FN4O3. The third-order valence-corrected chi connectivity index (χ3v) is 5.21. The Bertz CT molecular complexity index is 883. The monoisotopic (exact) mass is 416 g/mol. The number of rotatable bonds is 6. The Hall–Kier alpha value is -3.16. The molecular weight excluding hydrogens is 387 g/mol. The molecule has 1 aliphatic rings. The number of nitrogens with one attached hydrogen (secondary N) is 1. The minimum Gasteiger partial charge on any atom is -0.493 e. The molecule has 3 rings (SSSR count). The van der Waals surface area contributed by atoms with E-state index in [9.17, 15) is 4.39 Å². The van der Waals surface area contributed by atoms with Crippen molar-refractivity contribution < 1.29 is 18.6 Å². The van der Waals surface area contributed by atoms with E-state index < -0.39 is 0 Å². The van der Waals surface area contributed by atoms with E-state index in [1.54, 1.807) is 34.4 Å². The summed E-state index contributed by atoms with van der Waals surface area (Å²) in [4.78, 5) is 8.65. The number of hydrogen-bond donors (Lipinski definition) is 1. The van der Waals surface area contributed by atoms with Gasteiger partial charge in [0.25, 0.3) is 0 Å². The number of benzene rings is 2. The standard InChI is InChI=1S/C22H29FN4O3/c1-24-22(25-15-16-9-10-19(28-2)21(30-4)20(16)29-3)27-13-11-26(12-14-27)18-8-6-5-7-17(18)23/h5-10H,11-15H2,1-4H3,(H,24,25). The number of halogens is 1. The van der Waals surface area contributed by atoms with Crippen molar-refractivity contribution in [2.45, 2.75) is 6.54 Å². The molecule has 0 amide bonds. The average Bonchev–Trinajstić information content (AvgIpc) is 2.79. The fourth-order valence-electron chi connectivity index (χ4n) is 3.68. The van der Waals surface area contributed by atoms with Gasteiger partial charge >= 0.3 is 0 Å². The third kappa shape index (κ3) is 4.53. The normalized spacial score (nSPS) is 14.5. The Kier molecular flexibility index (Phi) is 7.21. The molecule has 2 aromatic rings. The molecule has 8 heteroatoms. The van der Waals surface area contributed by atoms with Crippen LogP contribution in [0.4, 0.5) is 10.1 Å². The van der Waals surface area contributed by atoms with Crippen LogP contribution in [0.5, 0.6) is 17.2 Å². The van der Waals surface area contributed by atoms with Gasteiger partial charge in [0.05, 0.1) is 27.0 Å². The molecule has 0 radical (unpaired) electrons. The van der Waals surface area contributed by atoms with Gasteiger partial charge in [-0.2, -0.15) is 0 Å². The SMILES string of the molecule is CN=C(NCc1ccc(OC)c(OC)c1OC)N1CCN(c2ccccc2F)CC1. The van der Waals surface area contributed by atoms with Crippen molar-refractivity contribution in [3.63, 3.8) is 0 Å². The molecule has 0 saturated carbocycles. The Morgan fingerprint density at radius 1 is 0.967 bits per heavy atom. The average molecular weight is 416 g/mol. The van der Waals surface area contributed by atoms with Crippen LogP contribution >= 0.6 is 0 Å². The summed E-state index contributed by atoms with van der Waals surface area (Å²) in [7, 11) is 6.55. The number of methoxy groups -OCH3 is 3. The van der Waals surface area contributed by atoms with E-state index in [0.717, 1.165) is 37.7 Å². The number of ether oxygens (including phenoxy) is 3. The minimum atomic E-state index is -0.186. The van der Waals surface area contributed by atoms with Crippen LogP contribution < -0.4 is 24.4 Å². The molecule has 2 aromatic carbocycles. The predicted molar refractivity (Wildman–Crippen MR) is 116 cm³/mol. The van der Waals surface area contributed by atoms with Gasteiger partial charge in [0.2, 0.25) is 5.75 Å². The van der Waals surface area contributed by atoms with Crippen LogP contribution in [-0.2, 0) is 6.54 Å². The highest BCUT2D eigenvalue weighted by molar-refractivity contribution is 5.80. The number of nitrogens with zero attached hydrogens (tertiary/aromatic N) is 3. The maximum Gasteiger partial charge on any atom is 0.203 e. The Morgan fingerprint density at radius 2 is 1.67 bits per heavy atom.